The van der Waals surface area contributed by atoms with Crippen molar-refractivity contribution < 1.29 is 4.79 Å². The first-order valence-corrected chi connectivity index (χ1v) is 8.07. The second-order valence-corrected chi connectivity index (χ2v) is 6.39. The topological polar surface area (TPSA) is 55.1 Å². The number of carbonyl (C=O) groups excluding carboxylic acids is 1. The van der Waals surface area contributed by atoms with E-state index in [0.29, 0.717) is 11.8 Å². The molecule has 0 aromatic heterocycles. The molecule has 3 heteroatoms. The van der Waals surface area contributed by atoms with E-state index in [1.165, 1.54) is 11.1 Å². The van der Waals surface area contributed by atoms with Crippen molar-refractivity contribution in [2.45, 2.75) is 71.8 Å². The molecule has 118 valence electrons. The van der Waals surface area contributed by atoms with Gasteiger partial charge in [-0.05, 0) is 35.4 Å². The van der Waals surface area contributed by atoms with E-state index in [-0.39, 0.29) is 5.91 Å². The maximum Gasteiger partial charge on any atom is 0.241 e. The SMILES string of the molecule is CCCCC(N)C(=O)Nc1ccc(C(C)C)cc1C(C)C. The average molecular weight is 290 g/mol. The number of hydrogen-bond donors (Lipinski definition) is 2. The molecule has 0 saturated carbocycles. The summed E-state index contributed by atoms with van der Waals surface area (Å²) in [5.74, 6) is 0.771. The first kappa shape index (κ1) is 17.7. The Morgan fingerprint density at radius 3 is 2.38 bits per heavy atom. The van der Waals surface area contributed by atoms with Gasteiger partial charge in [0.2, 0.25) is 5.91 Å². The van der Waals surface area contributed by atoms with Crippen molar-refractivity contribution in [3.05, 3.63) is 29.3 Å². The van der Waals surface area contributed by atoms with E-state index in [9.17, 15) is 4.79 Å². The highest BCUT2D eigenvalue weighted by atomic mass is 16.2. The van der Waals surface area contributed by atoms with Crippen molar-refractivity contribution in [3.8, 4) is 0 Å². The third-order valence-electron chi connectivity index (χ3n) is 3.83. The molecule has 3 nitrogen and oxygen atoms in total. The van der Waals surface area contributed by atoms with Gasteiger partial charge < -0.3 is 11.1 Å². The van der Waals surface area contributed by atoms with Gasteiger partial charge in [0.1, 0.15) is 0 Å². The third-order valence-corrected chi connectivity index (χ3v) is 3.83. The molecule has 0 aliphatic carbocycles. The molecule has 0 saturated heterocycles. The lowest BCUT2D eigenvalue weighted by atomic mass is 9.94. The van der Waals surface area contributed by atoms with Crippen molar-refractivity contribution >= 4 is 11.6 Å². The molecule has 1 aromatic carbocycles. The zero-order valence-corrected chi connectivity index (χ0v) is 14.1. The molecule has 0 aliphatic heterocycles. The van der Waals surface area contributed by atoms with Crippen molar-refractivity contribution in [2.24, 2.45) is 5.73 Å². The van der Waals surface area contributed by atoms with Crippen LogP contribution < -0.4 is 11.1 Å². The predicted octanol–water partition coefficient (Wildman–Crippen LogP) is 4.39. The molecule has 0 radical (unpaired) electrons. The molecule has 0 aliphatic rings. The first-order valence-electron chi connectivity index (χ1n) is 8.07. The monoisotopic (exact) mass is 290 g/mol. The lowest BCUT2D eigenvalue weighted by Crippen LogP contribution is -2.35. The van der Waals surface area contributed by atoms with E-state index in [4.69, 9.17) is 5.73 Å². The van der Waals surface area contributed by atoms with E-state index in [2.05, 4.69) is 52.1 Å². The largest absolute Gasteiger partial charge is 0.324 e. The normalized spacial score (nSPS) is 12.8. The Morgan fingerprint density at radius 2 is 1.86 bits per heavy atom. The Morgan fingerprint density at radius 1 is 1.19 bits per heavy atom. The number of nitrogens with one attached hydrogen (secondary N) is 1. The summed E-state index contributed by atoms with van der Waals surface area (Å²) < 4.78 is 0. The van der Waals surface area contributed by atoms with E-state index in [0.717, 1.165) is 24.9 Å². The van der Waals surface area contributed by atoms with Crippen LogP contribution in [0.15, 0.2) is 18.2 Å². The lowest BCUT2D eigenvalue weighted by molar-refractivity contribution is -0.117. The molecule has 0 bridgehead atoms. The van der Waals surface area contributed by atoms with E-state index in [1.54, 1.807) is 0 Å². The number of anilines is 1. The van der Waals surface area contributed by atoms with Gasteiger partial charge in [-0.25, -0.2) is 0 Å². The number of hydrogen-bond acceptors (Lipinski definition) is 2. The van der Waals surface area contributed by atoms with Gasteiger partial charge >= 0.3 is 0 Å². The number of amides is 1. The van der Waals surface area contributed by atoms with Gasteiger partial charge in [0.05, 0.1) is 6.04 Å². The summed E-state index contributed by atoms with van der Waals surface area (Å²) in [6.07, 6.45) is 2.78. The molecule has 0 spiro atoms. The maximum atomic E-state index is 12.2. The average Bonchev–Trinajstić information content (AvgIpc) is 2.44. The minimum atomic E-state index is -0.422. The first-order chi connectivity index (χ1) is 9.86. The number of nitrogens with two attached hydrogens (primary N) is 1. The van der Waals surface area contributed by atoms with E-state index < -0.39 is 6.04 Å². The molecule has 1 rings (SSSR count). The number of benzene rings is 1. The zero-order chi connectivity index (χ0) is 16.0. The van der Waals surface area contributed by atoms with Gasteiger partial charge in [-0.15, -0.1) is 0 Å². The van der Waals surface area contributed by atoms with Gasteiger partial charge in [-0.1, -0.05) is 59.6 Å². The quantitative estimate of drug-likeness (QED) is 0.782. The highest BCUT2D eigenvalue weighted by molar-refractivity contribution is 5.95. The highest BCUT2D eigenvalue weighted by Crippen LogP contribution is 2.28. The van der Waals surface area contributed by atoms with Crippen molar-refractivity contribution in [2.75, 3.05) is 5.32 Å². The van der Waals surface area contributed by atoms with Crippen LogP contribution in [-0.4, -0.2) is 11.9 Å². The minimum Gasteiger partial charge on any atom is -0.324 e. The highest BCUT2D eigenvalue weighted by Gasteiger charge is 2.16. The van der Waals surface area contributed by atoms with Gasteiger partial charge in [-0.3, -0.25) is 4.79 Å². The van der Waals surface area contributed by atoms with Crippen LogP contribution in [0.1, 0.15) is 76.8 Å². The van der Waals surface area contributed by atoms with Crippen LogP contribution in [0.4, 0.5) is 5.69 Å². The number of unbranched alkanes of at least 4 members (excludes halogenated alkanes) is 1. The summed E-state index contributed by atoms with van der Waals surface area (Å²) in [6.45, 7) is 10.8. The Hall–Kier alpha value is -1.35. The van der Waals surface area contributed by atoms with Crippen LogP contribution in [0.2, 0.25) is 0 Å². The predicted molar refractivity (Wildman–Crippen MR) is 90.8 cm³/mol. The standard InChI is InChI=1S/C18H30N2O/c1-6-7-8-16(19)18(21)20-17-10-9-14(12(2)3)11-15(17)13(4)5/h9-13,16H,6-8,19H2,1-5H3,(H,20,21). The summed E-state index contributed by atoms with van der Waals surface area (Å²) in [5.41, 5.74) is 9.31. The second kappa shape index (κ2) is 8.18. The summed E-state index contributed by atoms with van der Waals surface area (Å²) >= 11 is 0. The van der Waals surface area contributed by atoms with Gasteiger partial charge in [0.25, 0.3) is 0 Å². The van der Waals surface area contributed by atoms with Gasteiger partial charge in [0.15, 0.2) is 0 Å². The molecule has 1 amide bonds. The molecular formula is C18H30N2O. The van der Waals surface area contributed by atoms with Crippen LogP contribution in [0, 0.1) is 0 Å². The summed E-state index contributed by atoms with van der Waals surface area (Å²) in [7, 11) is 0. The van der Waals surface area contributed by atoms with Crippen molar-refractivity contribution in [1.82, 2.24) is 0 Å². The number of carbonyl (C=O) groups is 1. The van der Waals surface area contributed by atoms with E-state index >= 15 is 0 Å². The zero-order valence-electron chi connectivity index (χ0n) is 14.1. The summed E-state index contributed by atoms with van der Waals surface area (Å²) in [4.78, 5) is 12.2. The van der Waals surface area contributed by atoms with Crippen LogP contribution in [0.3, 0.4) is 0 Å². The molecule has 21 heavy (non-hydrogen) atoms. The smallest absolute Gasteiger partial charge is 0.241 e. The van der Waals surface area contributed by atoms with Gasteiger partial charge in [-0.2, -0.15) is 0 Å². The van der Waals surface area contributed by atoms with Crippen LogP contribution in [0.5, 0.6) is 0 Å². The molecule has 0 fully saturated rings. The van der Waals surface area contributed by atoms with Gasteiger partial charge in [0, 0.05) is 5.69 Å². The van der Waals surface area contributed by atoms with Crippen molar-refractivity contribution in [3.63, 3.8) is 0 Å². The Kier molecular flexibility index (Phi) is 6.90. The lowest BCUT2D eigenvalue weighted by Gasteiger charge is -2.18. The second-order valence-electron chi connectivity index (χ2n) is 6.39. The fourth-order valence-electron chi connectivity index (χ4n) is 2.31. The minimum absolute atomic E-state index is 0.0809. The molecule has 1 unspecified atom stereocenters. The Bertz CT molecular complexity index is 466. The Labute approximate surface area is 129 Å². The molecule has 1 aromatic rings. The number of rotatable bonds is 7. The summed E-state index contributed by atoms with van der Waals surface area (Å²) in [6, 6.07) is 5.87. The van der Waals surface area contributed by atoms with Crippen LogP contribution >= 0.6 is 0 Å². The molecular weight excluding hydrogens is 260 g/mol. The Balaban J connectivity index is 2.89. The van der Waals surface area contributed by atoms with Crippen LogP contribution in [-0.2, 0) is 4.79 Å². The third kappa shape index (κ3) is 5.16. The van der Waals surface area contributed by atoms with Crippen LogP contribution in [0.25, 0.3) is 0 Å². The van der Waals surface area contributed by atoms with Crippen molar-refractivity contribution in [1.29, 1.82) is 0 Å². The molecule has 1 atom stereocenters. The fourth-order valence-corrected chi connectivity index (χ4v) is 2.31. The maximum absolute atomic E-state index is 12.2. The fraction of sp³-hybridized carbons (Fsp3) is 0.611. The summed E-state index contributed by atoms with van der Waals surface area (Å²) in [5, 5.41) is 3.00. The molecule has 3 N–H and O–H groups in total. The van der Waals surface area contributed by atoms with E-state index in [1.807, 2.05) is 6.07 Å². The molecule has 0 heterocycles.